The molecule has 0 aliphatic rings. The number of aromatic hydroxyl groups is 1. The predicted molar refractivity (Wildman–Crippen MR) is 66.3 cm³/mol. The normalized spacial score (nSPS) is 10.2. The molecule has 1 aromatic heterocycles. The number of hydrogen-bond acceptors (Lipinski definition) is 4. The molecule has 1 aromatic carbocycles. The first-order valence-electron chi connectivity index (χ1n) is 5.15. The van der Waals surface area contributed by atoms with Crippen molar-refractivity contribution in [3.63, 3.8) is 0 Å². The second-order valence-corrected chi connectivity index (χ2v) is 3.85. The van der Waals surface area contributed by atoms with Crippen LogP contribution in [0.25, 0.3) is 11.4 Å². The average Bonchev–Trinajstić information content (AvgIpc) is 2.28. The van der Waals surface area contributed by atoms with Crippen LogP contribution in [0.4, 0.5) is 5.69 Å². The minimum absolute atomic E-state index is 0.157. The summed E-state index contributed by atoms with van der Waals surface area (Å²) in [6.45, 7) is 0. The van der Waals surface area contributed by atoms with E-state index in [4.69, 9.17) is 0 Å². The van der Waals surface area contributed by atoms with Gasteiger partial charge < -0.3 is 15.0 Å². The van der Waals surface area contributed by atoms with Gasteiger partial charge in [0.25, 0.3) is 5.56 Å². The summed E-state index contributed by atoms with van der Waals surface area (Å²) >= 11 is 0. The van der Waals surface area contributed by atoms with Crippen LogP contribution in [0.5, 0.6) is 5.88 Å². The maximum Gasteiger partial charge on any atom is 0.278 e. The van der Waals surface area contributed by atoms with E-state index in [2.05, 4.69) is 9.97 Å². The first kappa shape index (κ1) is 11.2. The maximum atomic E-state index is 11.8. The molecule has 0 spiro atoms. The van der Waals surface area contributed by atoms with Gasteiger partial charge in [-0.05, 0) is 0 Å². The van der Waals surface area contributed by atoms with E-state index in [0.29, 0.717) is 5.82 Å². The number of nitrogens with zero attached hydrogens (tertiary/aromatic N) is 2. The molecule has 1 heterocycles. The molecule has 5 heteroatoms. The van der Waals surface area contributed by atoms with Crippen LogP contribution in [0.1, 0.15) is 0 Å². The molecule has 0 saturated heterocycles. The Balaban J connectivity index is 2.58. The third-order valence-corrected chi connectivity index (χ3v) is 2.37. The number of aromatic amines is 1. The summed E-state index contributed by atoms with van der Waals surface area (Å²) in [6.07, 6.45) is 0. The van der Waals surface area contributed by atoms with Crippen molar-refractivity contribution in [2.24, 2.45) is 0 Å². The SMILES string of the molecule is CN(C)c1c(O)nc(-c2ccccc2)[nH]c1=O. The summed E-state index contributed by atoms with van der Waals surface area (Å²) in [5.41, 5.74) is 0.552. The zero-order valence-electron chi connectivity index (χ0n) is 9.64. The van der Waals surface area contributed by atoms with Gasteiger partial charge in [-0.3, -0.25) is 4.79 Å². The number of aromatic nitrogens is 2. The number of H-pyrrole nitrogens is 1. The monoisotopic (exact) mass is 231 g/mol. The highest BCUT2D eigenvalue weighted by molar-refractivity contribution is 5.60. The third kappa shape index (κ3) is 2.13. The van der Waals surface area contributed by atoms with Gasteiger partial charge in [0, 0.05) is 19.7 Å². The summed E-state index contributed by atoms with van der Waals surface area (Å²) < 4.78 is 0. The molecule has 2 N–H and O–H groups in total. The molecule has 0 aliphatic carbocycles. The number of benzene rings is 1. The van der Waals surface area contributed by atoms with Gasteiger partial charge in [-0.25, -0.2) is 0 Å². The van der Waals surface area contributed by atoms with Gasteiger partial charge in [0.1, 0.15) is 5.82 Å². The lowest BCUT2D eigenvalue weighted by molar-refractivity contribution is 0.452. The molecule has 0 radical (unpaired) electrons. The largest absolute Gasteiger partial charge is 0.492 e. The zero-order chi connectivity index (χ0) is 12.4. The van der Waals surface area contributed by atoms with E-state index in [-0.39, 0.29) is 17.1 Å². The fourth-order valence-electron chi connectivity index (χ4n) is 1.59. The molecule has 0 atom stereocenters. The molecule has 0 fully saturated rings. The average molecular weight is 231 g/mol. The summed E-state index contributed by atoms with van der Waals surface area (Å²) in [7, 11) is 3.35. The Bertz CT molecular complexity index is 576. The molecule has 0 saturated carbocycles. The van der Waals surface area contributed by atoms with E-state index in [1.807, 2.05) is 30.3 Å². The van der Waals surface area contributed by atoms with Crippen LogP contribution in [0.15, 0.2) is 35.1 Å². The molecular formula is C12H13N3O2. The first-order chi connectivity index (χ1) is 8.09. The van der Waals surface area contributed by atoms with Crippen molar-refractivity contribution in [2.45, 2.75) is 0 Å². The van der Waals surface area contributed by atoms with Crippen LogP contribution in [0.3, 0.4) is 0 Å². The lowest BCUT2D eigenvalue weighted by Gasteiger charge is -2.12. The molecule has 17 heavy (non-hydrogen) atoms. The van der Waals surface area contributed by atoms with Crippen molar-refractivity contribution in [3.05, 3.63) is 40.7 Å². The van der Waals surface area contributed by atoms with Crippen LogP contribution < -0.4 is 10.5 Å². The Morgan fingerprint density at radius 1 is 1.24 bits per heavy atom. The summed E-state index contributed by atoms with van der Waals surface area (Å²) in [5, 5.41) is 9.73. The highest BCUT2D eigenvalue weighted by Gasteiger charge is 2.12. The number of rotatable bonds is 2. The van der Waals surface area contributed by atoms with Crippen LogP contribution in [0, 0.1) is 0 Å². The smallest absolute Gasteiger partial charge is 0.278 e. The highest BCUT2D eigenvalue weighted by Crippen LogP contribution is 2.21. The van der Waals surface area contributed by atoms with E-state index in [9.17, 15) is 9.90 Å². The second-order valence-electron chi connectivity index (χ2n) is 3.85. The van der Waals surface area contributed by atoms with E-state index in [0.717, 1.165) is 5.56 Å². The first-order valence-corrected chi connectivity index (χ1v) is 5.15. The standard InChI is InChI=1S/C12H13N3O2/c1-15(2)9-11(16)13-10(14-12(9)17)8-6-4-3-5-7-8/h3-7H,1-2H3,(H2,13,14,16,17). The van der Waals surface area contributed by atoms with E-state index in [1.165, 1.54) is 4.90 Å². The quantitative estimate of drug-likeness (QED) is 0.815. The van der Waals surface area contributed by atoms with E-state index >= 15 is 0 Å². The third-order valence-electron chi connectivity index (χ3n) is 2.37. The lowest BCUT2D eigenvalue weighted by atomic mass is 10.2. The Labute approximate surface area is 98.4 Å². The molecule has 0 unspecified atom stereocenters. The minimum atomic E-state index is -0.360. The number of hydrogen-bond donors (Lipinski definition) is 2. The molecule has 0 amide bonds. The van der Waals surface area contributed by atoms with Crippen LogP contribution in [-0.2, 0) is 0 Å². The van der Waals surface area contributed by atoms with Gasteiger partial charge in [-0.15, -0.1) is 0 Å². The van der Waals surface area contributed by atoms with Crippen molar-refractivity contribution >= 4 is 5.69 Å². The minimum Gasteiger partial charge on any atom is -0.492 e. The summed E-state index contributed by atoms with van der Waals surface area (Å²) in [4.78, 5) is 19.9. The number of nitrogens with one attached hydrogen (secondary N) is 1. The van der Waals surface area contributed by atoms with Crippen molar-refractivity contribution < 1.29 is 5.11 Å². The Morgan fingerprint density at radius 2 is 1.88 bits per heavy atom. The van der Waals surface area contributed by atoms with Crippen LogP contribution in [-0.4, -0.2) is 29.2 Å². The molecular weight excluding hydrogens is 218 g/mol. The van der Waals surface area contributed by atoms with Gasteiger partial charge >= 0.3 is 0 Å². The van der Waals surface area contributed by atoms with Gasteiger partial charge in [-0.1, -0.05) is 30.3 Å². The van der Waals surface area contributed by atoms with E-state index in [1.54, 1.807) is 14.1 Å². The van der Waals surface area contributed by atoms with E-state index < -0.39 is 0 Å². The summed E-state index contributed by atoms with van der Waals surface area (Å²) in [5.74, 6) is 0.0938. The second kappa shape index (κ2) is 4.29. The Hall–Kier alpha value is -2.30. The van der Waals surface area contributed by atoms with Gasteiger partial charge in [-0.2, -0.15) is 4.98 Å². The number of anilines is 1. The van der Waals surface area contributed by atoms with Crippen molar-refractivity contribution in [2.75, 3.05) is 19.0 Å². The van der Waals surface area contributed by atoms with Crippen molar-refractivity contribution in [3.8, 4) is 17.3 Å². The lowest BCUT2D eigenvalue weighted by Crippen LogP contribution is -2.22. The highest BCUT2D eigenvalue weighted by atomic mass is 16.3. The predicted octanol–water partition coefficient (Wildman–Crippen LogP) is 1.21. The summed E-state index contributed by atoms with van der Waals surface area (Å²) in [6, 6.07) is 9.17. The van der Waals surface area contributed by atoms with Gasteiger partial charge in [0.15, 0.2) is 5.69 Å². The molecule has 0 bridgehead atoms. The fraction of sp³-hybridized carbons (Fsp3) is 0.167. The van der Waals surface area contributed by atoms with Crippen LogP contribution >= 0.6 is 0 Å². The topological polar surface area (TPSA) is 69.2 Å². The van der Waals surface area contributed by atoms with Crippen LogP contribution in [0.2, 0.25) is 0 Å². The van der Waals surface area contributed by atoms with Crippen molar-refractivity contribution in [1.82, 2.24) is 9.97 Å². The Morgan fingerprint density at radius 3 is 2.41 bits per heavy atom. The maximum absolute atomic E-state index is 11.8. The molecule has 88 valence electrons. The molecule has 2 rings (SSSR count). The zero-order valence-corrected chi connectivity index (χ0v) is 9.64. The molecule has 2 aromatic rings. The van der Waals surface area contributed by atoms with Gasteiger partial charge in [0.2, 0.25) is 5.88 Å². The molecule has 0 aliphatic heterocycles. The van der Waals surface area contributed by atoms with Gasteiger partial charge in [0.05, 0.1) is 0 Å². The van der Waals surface area contributed by atoms with Crippen molar-refractivity contribution in [1.29, 1.82) is 0 Å². The molecule has 5 nitrogen and oxygen atoms in total. The fourth-order valence-corrected chi connectivity index (χ4v) is 1.59. The Kier molecular flexibility index (Phi) is 2.82.